The summed E-state index contributed by atoms with van der Waals surface area (Å²) in [6.07, 6.45) is 13.3. The first-order valence-electron chi connectivity index (χ1n) is 8.27. The van der Waals surface area contributed by atoms with Crippen molar-refractivity contribution in [1.82, 2.24) is 4.90 Å². The molecule has 2 fully saturated rings. The molecule has 1 aliphatic heterocycles. The lowest BCUT2D eigenvalue weighted by Gasteiger charge is -2.18. The van der Waals surface area contributed by atoms with Crippen LogP contribution in [0.15, 0.2) is 11.6 Å². The van der Waals surface area contributed by atoms with Gasteiger partial charge < -0.3 is 4.90 Å². The highest BCUT2D eigenvalue weighted by atomic mass is 35.5. The Morgan fingerprint density at radius 3 is 2.65 bits per heavy atom. The Labute approximate surface area is 130 Å². The molecule has 0 aromatic rings. The van der Waals surface area contributed by atoms with Crippen LogP contribution < -0.4 is 0 Å². The van der Waals surface area contributed by atoms with Crippen molar-refractivity contribution in [2.45, 2.75) is 64.7 Å². The van der Waals surface area contributed by atoms with Gasteiger partial charge in [-0.25, -0.2) is 0 Å². The number of hydrogen-bond acceptors (Lipinski definition) is 2. The molecule has 116 valence electrons. The number of rotatable bonds is 7. The van der Waals surface area contributed by atoms with Crippen molar-refractivity contribution in [2.75, 3.05) is 19.6 Å². The normalized spacial score (nSPS) is 25.4. The van der Waals surface area contributed by atoms with Crippen molar-refractivity contribution in [3.05, 3.63) is 11.6 Å². The summed E-state index contributed by atoms with van der Waals surface area (Å²) in [5.41, 5.74) is 1.14. The SMILES string of the molecule is CCCCCC/C=C1/CCC(CN2CCCC2)C1=O.Cl. The van der Waals surface area contributed by atoms with E-state index in [1.165, 1.54) is 51.6 Å². The zero-order valence-corrected chi connectivity index (χ0v) is 13.7. The number of carbonyl (C=O) groups excluding carboxylic acids is 1. The van der Waals surface area contributed by atoms with Crippen LogP contribution in [0.3, 0.4) is 0 Å². The topological polar surface area (TPSA) is 20.3 Å². The number of halogens is 1. The smallest absolute Gasteiger partial charge is 0.162 e. The highest BCUT2D eigenvalue weighted by Gasteiger charge is 2.30. The van der Waals surface area contributed by atoms with Crippen LogP contribution in [0.2, 0.25) is 0 Å². The van der Waals surface area contributed by atoms with Gasteiger partial charge in [0.2, 0.25) is 0 Å². The molecule has 0 amide bonds. The summed E-state index contributed by atoms with van der Waals surface area (Å²) >= 11 is 0. The fraction of sp³-hybridized carbons (Fsp3) is 0.824. The molecule has 0 spiro atoms. The fourth-order valence-electron chi connectivity index (χ4n) is 3.35. The summed E-state index contributed by atoms with van der Waals surface area (Å²) in [6, 6.07) is 0. The summed E-state index contributed by atoms with van der Waals surface area (Å²) in [6.45, 7) is 5.67. The second-order valence-corrected chi connectivity index (χ2v) is 6.19. The minimum Gasteiger partial charge on any atom is -0.303 e. The predicted octanol–water partition coefficient (Wildman–Crippen LogP) is 4.38. The van der Waals surface area contributed by atoms with Crippen LogP contribution in [-0.2, 0) is 4.79 Å². The number of ketones is 1. The summed E-state index contributed by atoms with van der Waals surface area (Å²) in [7, 11) is 0. The van der Waals surface area contributed by atoms with E-state index in [0.29, 0.717) is 11.7 Å². The van der Waals surface area contributed by atoms with Crippen LogP contribution in [-0.4, -0.2) is 30.3 Å². The Kier molecular flexibility index (Phi) is 8.47. The van der Waals surface area contributed by atoms with Gasteiger partial charge in [-0.2, -0.15) is 0 Å². The molecule has 1 unspecified atom stereocenters. The third-order valence-electron chi connectivity index (χ3n) is 4.58. The highest BCUT2D eigenvalue weighted by molar-refractivity contribution is 5.99. The second kappa shape index (κ2) is 9.57. The van der Waals surface area contributed by atoms with Crippen molar-refractivity contribution in [3.63, 3.8) is 0 Å². The molecule has 0 bridgehead atoms. The number of nitrogens with zero attached hydrogens (tertiary/aromatic N) is 1. The molecule has 2 rings (SSSR count). The molecule has 0 aromatic heterocycles. The largest absolute Gasteiger partial charge is 0.303 e. The third kappa shape index (κ3) is 5.21. The zero-order valence-electron chi connectivity index (χ0n) is 12.9. The summed E-state index contributed by atoms with van der Waals surface area (Å²) in [5, 5.41) is 0. The van der Waals surface area contributed by atoms with Gasteiger partial charge in [0.1, 0.15) is 0 Å². The van der Waals surface area contributed by atoms with Gasteiger partial charge in [0.05, 0.1) is 0 Å². The first kappa shape index (κ1) is 17.7. The van der Waals surface area contributed by atoms with E-state index >= 15 is 0 Å². The Balaban J connectivity index is 0.00000200. The Hall–Kier alpha value is -0.340. The molecule has 1 saturated heterocycles. The lowest BCUT2D eigenvalue weighted by Crippen LogP contribution is -2.28. The number of allylic oxidation sites excluding steroid dienone is 2. The number of hydrogen-bond donors (Lipinski definition) is 0. The van der Waals surface area contributed by atoms with E-state index in [1.54, 1.807) is 0 Å². The summed E-state index contributed by atoms with van der Waals surface area (Å²) in [5.74, 6) is 0.766. The van der Waals surface area contributed by atoms with Crippen LogP contribution in [0.5, 0.6) is 0 Å². The Morgan fingerprint density at radius 1 is 1.20 bits per heavy atom. The molecule has 20 heavy (non-hydrogen) atoms. The Bertz CT molecular complexity index is 321. The standard InChI is InChI=1S/C17H29NO.ClH/c1-2-3-4-5-6-9-15-10-11-16(17(15)19)14-18-12-7-8-13-18;/h9,16H,2-8,10-14H2,1H3;1H/b15-9-;. The molecule has 0 radical (unpaired) electrons. The Morgan fingerprint density at radius 2 is 1.95 bits per heavy atom. The van der Waals surface area contributed by atoms with Gasteiger partial charge in [-0.1, -0.05) is 32.3 Å². The highest BCUT2D eigenvalue weighted by Crippen LogP contribution is 2.29. The molecule has 1 heterocycles. The molecule has 1 aliphatic carbocycles. The molecule has 0 aromatic carbocycles. The van der Waals surface area contributed by atoms with E-state index in [9.17, 15) is 4.79 Å². The molecular formula is C17H30ClNO. The van der Waals surface area contributed by atoms with Gasteiger partial charge in [0, 0.05) is 12.5 Å². The second-order valence-electron chi connectivity index (χ2n) is 6.19. The lowest BCUT2D eigenvalue weighted by molar-refractivity contribution is -0.118. The molecular weight excluding hydrogens is 270 g/mol. The van der Waals surface area contributed by atoms with Crippen LogP contribution in [0.1, 0.15) is 64.7 Å². The maximum absolute atomic E-state index is 12.3. The molecule has 2 aliphatic rings. The van der Waals surface area contributed by atoms with Crippen molar-refractivity contribution < 1.29 is 4.79 Å². The lowest BCUT2D eigenvalue weighted by atomic mass is 10.0. The molecule has 3 heteroatoms. The van der Waals surface area contributed by atoms with Gasteiger partial charge >= 0.3 is 0 Å². The monoisotopic (exact) mass is 299 g/mol. The van der Waals surface area contributed by atoms with Crippen molar-refractivity contribution in [3.8, 4) is 0 Å². The third-order valence-corrected chi connectivity index (χ3v) is 4.58. The van der Waals surface area contributed by atoms with Gasteiger partial charge in [0.25, 0.3) is 0 Å². The number of likely N-dealkylation sites (tertiary alicyclic amines) is 1. The van der Waals surface area contributed by atoms with Crippen LogP contribution >= 0.6 is 12.4 Å². The maximum atomic E-state index is 12.3. The number of Topliss-reactive ketones (excluding diaryl/α,β-unsaturated/α-hetero) is 1. The van der Waals surface area contributed by atoms with Crippen LogP contribution in [0.25, 0.3) is 0 Å². The van der Waals surface area contributed by atoms with E-state index in [2.05, 4.69) is 17.9 Å². The zero-order chi connectivity index (χ0) is 13.5. The van der Waals surface area contributed by atoms with E-state index in [4.69, 9.17) is 0 Å². The average Bonchev–Trinajstić information content (AvgIpc) is 3.03. The molecule has 1 saturated carbocycles. The predicted molar refractivity (Wildman–Crippen MR) is 87.5 cm³/mol. The summed E-state index contributed by atoms with van der Waals surface area (Å²) < 4.78 is 0. The number of carbonyl (C=O) groups is 1. The van der Waals surface area contributed by atoms with Gasteiger partial charge in [-0.15, -0.1) is 12.4 Å². The molecule has 2 nitrogen and oxygen atoms in total. The van der Waals surface area contributed by atoms with Crippen LogP contribution in [0.4, 0.5) is 0 Å². The van der Waals surface area contributed by atoms with Gasteiger partial charge in [0.15, 0.2) is 5.78 Å². The van der Waals surface area contributed by atoms with E-state index in [0.717, 1.165) is 31.4 Å². The molecule has 1 atom stereocenters. The van der Waals surface area contributed by atoms with Crippen molar-refractivity contribution >= 4 is 18.2 Å². The first-order chi connectivity index (χ1) is 9.31. The first-order valence-corrected chi connectivity index (χ1v) is 8.27. The average molecular weight is 300 g/mol. The van der Waals surface area contributed by atoms with E-state index in [-0.39, 0.29) is 12.4 Å². The minimum atomic E-state index is 0. The van der Waals surface area contributed by atoms with E-state index in [1.807, 2.05) is 0 Å². The van der Waals surface area contributed by atoms with Gasteiger partial charge in [-0.3, -0.25) is 4.79 Å². The van der Waals surface area contributed by atoms with Crippen LogP contribution in [0, 0.1) is 5.92 Å². The summed E-state index contributed by atoms with van der Waals surface area (Å²) in [4.78, 5) is 14.8. The fourth-order valence-corrected chi connectivity index (χ4v) is 3.35. The minimum absolute atomic E-state index is 0. The van der Waals surface area contributed by atoms with Crippen molar-refractivity contribution in [2.24, 2.45) is 5.92 Å². The quantitative estimate of drug-likeness (QED) is 0.513. The number of unbranched alkanes of at least 4 members (excludes halogenated alkanes) is 4. The van der Waals surface area contributed by atoms with E-state index < -0.39 is 0 Å². The van der Waals surface area contributed by atoms with Crippen molar-refractivity contribution in [1.29, 1.82) is 0 Å². The van der Waals surface area contributed by atoms with Gasteiger partial charge in [-0.05, 0) is 57.2 Å². The maximum Gasteiger partial charge on any atom is 0.162 e. The molecule has 0 N–H and O–H groups in total.